The maximum atomic E-state index is 11.9. The third kappa shape index (κ3) is 4.14. The molecule has 0 aliphatic carbocycles. The van der Waals surface area contributed by atoms with Gasteiger partial charge in [0.05, 0.1) is 6.07 Å². The molecule has 2 rings (SSSR count). The largest absolute Gasteiger partial charge is 0.325 e. The molecule has 0 aliphatic heterocycles. The zero-order chi connectivity index (χ0) is 15.1. The van der Waals surface area contributed by atoms with Crippen molar-refractivity contribution in [3.63, 3.8) is 0 Å². The fourth-order valence-electron chi connectivity index (χ4n) is 1.61. The molecule has 1 aromatic heterocycles. The Hall–Kier alpha value is -3.20. The Balaban J connectivity index is 1.98. The summed E-state index contributed by atoms with van der Waals surface area (Å²) in [5, 5.41) is 13.7. The van der Waals surface area contributed by atoms with Crippen LogP contribution in [0.25, 0.3) is 0 Å². The maximum Gasteiger partial charge on any atom is 0.274 e. The monoisotopic (exact) mass is 280 g/mol. The summed E-state index contributed by atoms with van der Waals surface area (Å²) in [6.07, 6.45) is 1.35. The minimum absolute atomic E-state index is 0.196. The molecule has 104 valence electrons. The topological polar surface area (TPSA) is 94.9 Å². The molecule has 0 atom stereocenters. The Morgan fingerprint density at radius 2 is 1.71 bits per heavy atom. The van der Waals surface area contributed by atoms with Crippen LogP contribution in [-0.4, -0.2) is 16.8 Å². The van der Waals surface area contributed by atoms with Crippen molar-refractivity contribution in [2.45, 2.75) is 6.42 Å². The standard InChI is InChI=1S/C15H12N4O2/c16-9-8-14(20)18-11-4-6-12(7-5-11)19-15(21)13-3-1-2-10-17-13/h1-7,10H,8H2,(H,18,20)(H,19,21). The normalized spacial score (nSPS) is 9.48. The number of nitrogens with one attached hydrogen (secondary N) is 2. The van der Waals surface area contributed by atoms with E-state index in [1.807, 2.05) is 0 Å². The first-order chi connectivity index (χ1) is 10.2. The Kier molecular flexibility index (Phi) is 4.62. The Morgan fingerprint density at radius 3 is 2.29 bits per heavy atom. The second-order valence-corrected chi connectivity index (χ2v) is 4.13. The number of hydrogen-bond donors (Lipinski definition) is 2. The van der Waals surface area contributed by atoms with E-state index in [-0.39, 0.29) is 18.2 Å². The number of pyridine rings is 1. The van der Waals surface area contributed by atoms with Gasteiger partial charge in [-0.25, -0.2) is 0 Å². The molecule has 0 radical (unpaired) electrons. The number of nitriles is 1. The molecular weight excluding hydrogens is 268 g/mol. The van der Waals surface area contributed by atoms with Gasteiger partial charge < -0.3 is 10.6 Å². The number of nitrogens with zero attached hydrogens (tertiary/aromatic N) is 2. The maximum absolute atomic E-state index is 11.9. The average molecular weight is 280 g/mol. The van der Waals surface area contributed by atoms with Crippen LogP contribution in [-0.2, 0) is 4.79 Å². The van der Waals surface area contributed by atoms with Gasteiger partial charge in [0.15, 0.2) is 0 Å². The lowest BCUT2D eigenvalue weighted by molar-refractivity contribution is -0.115. The van der Waals surface area contributed by atoms with E-state index in [0.29, 0.717) is 17.1 Å². The highest BCUT2D eigenvalue weighted by molar-refractivity contribution is 6.03. The van der Waals surface area contributed by atoms with Crippen molar-refractivity contribution in [3.8, 4) is 6.07 Å². The lowest BCUT2D eigenvalue weighted by Crippen LogP contribution is -2.13. The number of aromatic nitrogens is 1. The van der Waals surface area contributed by atoms with Crippen LogP contribution in [0.5, 0.6) is 0 Å². The van der Waals surface area contributed by atoms with Crippen molar-refractivity contribution in [1.29, 1.82) is 5.26 Å². The van der Waals surface area contributed by atoms with Gasteiger partial charge in [-0.3, -0.25) is 14.6 Å². The van der Waals surface area contributed by atoms with E-state index in [4.69, 9.17) is 5.26 Å². The van der Waals surface area contributed by atoms with Crippen LogP contribution in [0.3, 0.4) is 0 Å². The summed E-state index contributed by atoms with van der Waals surface area (Å²) in [6, 6.07) is 13.4. The summed E-state index contributed by atoms with van der Waals surface area (Å²) in [7, 11) is 0. The number of amides is 2. The number of anilines is 2. The lowest BCUT2D eigenvalue weighted by atomic mass is 10.2. The van der Waals surface area contributed by atoms with E-state index < -0.39 is 0 Å². The zero-order valence-corrected chi connectivity index (χ0v) is 11.0. The minimum atomic E-state index is -0.372. The molecule has 1 heterocycles. The Labute approximate surface area is 121 Å². The van der Waals surface area contributed by atoms with Crippen molar-refractivity contribution < 1.29 is 9.59 Å². The molecule has 0 spiro atoms. The zero-order valence-electron chi connectivity index (χ0n) is 11.0. The molecule has 0 aliphatic rings. The van der Waals surface area contributed by atoms with Crippen LogP contribution in [0.2, 0.25) is 0 Å². The first-order valence-corrected chi connectivity index (χ1v) is 6.18. The molecule has 0 saturated carbocycles. The number of rotatable bonds is 4. The predicted octanol–water partition coefficient (Wildman–Crippen LogP) is 2.19. The molecule has 2 amide bonds. The smallest absolute Gasteiger partial charge is 0.274 e. The van der Waals surface area contributed by atoms with E-state index >= 15 is 0 Å². The predicted molar refractivity (Wildman–Crippen MR) is 77.5 cm³/mol. The van der Waals surface area contributed by atoms with E-state index in [0.717, 1.165) is 0 Å². The second kappa shape index (κ2) is 6.82. The number of carbonyl (C=O) groups excluding carboxylic acids is 2. The van der Waals surface area contributed by atoms with E-state index in [9.17, 15) is 9.59 Å². The molecule has 6 nitrogen and oxygen atoms in total. The van der Waals surface area contributed by atoms with Crippen molar-refractivity contribution in [2.75, 3.05) is 10.6 Å². The molecule has 0 fully saturated rings. The van der Waals surface area contributed by atoms with Crippen LogP contribution in [0.15, 0.2) is 48.7 Å². The highest BCUT2D eigenvalue weighted by Crippen LogP contribution is 2.14. The lowest BCUT2D eigenvalue weighted by Gasteiger charge is -2.06. The number of carbonyl (C=O) groups is 2. The molecule has 1 aromatic carbocycles. The Morgan fingerprint density at radius 1 is 1.05 bits per heavy atom. The molecule has 2 N–H and O–H groups in total. The summed E-state index contributed by atoms with van der Waals surface area (Å²) in [6.45, 7) is 0. The third-order valence-electron chi connectivity index (χ3n) is 2.56. The summed E-state index contributed by atoms with van der Waals surface area (Å²) in [5.41, 5.74) is 1.47. The van der Waals surface area contributed by atoms with Crippen molar-refractivity contribution in [1.82, 2.24) is 4.98 Å². The Bertz CT molecular complexity index is 675. The van der Waals surface area contributed by atoms with Crippen LogP contribution < -0.4 is 10.6 Å². The highest BCUT2D eigenvalue weighted by atomic mass is 16.2. The van der Waals surface area contributed by atoms with Gasteiger partial charge >= 0.3 is 0 Å². The second-order valence-electron chi connectivity index (χ2n) is 4.13. The third-order valence-corrected chi connectivity index (χ3v) is 2.56. The van der Waals surface area contributed by atoms with Crippen molar-refractivity contribution >= 4 is 23.2 Å². The number of hydrogen-bond acceptors (Lipinski definition) is 4. The number of benzene rings is 1. The van der Waals surface area contributed by atoms with Crippen LogP contribution in [0, 0.1) is 11.3 Å². The van der Waals surface area contributed by atoms with Gasteiger partial charge in [-0.15, -0.1) is 0 Å². The summed E-state index contributed by atoms with van der Waals surface area (Å²) in [4.78, 5) is 27.1. The van der Waals surface area contributed by atoms with Gasteiger partial charge in [-0.2, -0.15) is 5.26 Å². The van der Waals surface area contributed by atoms with Crippen LogP contribution in [0.4, 0.5) is 11.4 Å². The van der Waals surface area contributed by atoms with Gasteiger partial charge in [-0.1, -0.05) is 6.07 Å². The quantitative estimate of drug-likeness (QED) is 0.897. The highest BCUT2D eigenvalue weighted by Gasteiger charge is 2.07. The average Bonchev–Trinajstić information content (AvgIpc) is 2.50. The van der Waals surface area contributed by atoms with Gasteiger partial charge in [-0.05, 0) is 36.4 Å². The van der Waals surface area contributed by atoms with Crippen molar-refractivity contribution in [3.05, 3.63) is 54.4 Å². The van der Waals surface area contributed by atoms with Crippen molar-refractivity contribution in [2.24, 2.45) is 0 Å². The SMILES string of the molecule is N#CCC(=O)Nc1ccc(NC(=O)c2ccccn2)cc1. The fraction of sp³-hybridized carbons (Fsp3) is 0.0667. The molecule has 0 saturated heterocycles. The van der Waals surface area contributed by atoms with Crippen LogP contribution >= 0.6 is 0 Å². The molecule has 2 aromatic rings. The first-order valence-electron chi connectivity index (χ1n) is 6.18. The fourth-order valence-corrected chi connectivity index (χ4v) is 1.61. The summed E-state index contributed by atoms with van der Waals surface area (Å²) in [5.74, 6) is -0.681. The molecular formula is C15H12N4O2. The van der Waals surface area contributed by atoms with Gasteiger partial charge in [0.2, 0.25) is 5.91 Å². The summed E-state index contributed by atoms with van der Waals surface area (Å²) < 4.78 is 0. The van der Waals surface area contributed by atoms with Gasteiger partial charge in [0.25, 0.3) is 5.91 Å². The minimum Gasteiger partial charge on any atom is -0.325 e. The summed E-state index contributed by atoms with van der Waals surface area (Å²) >= 11 is 0. The van der Waals surface area contributed by atoms with E-state index in [1.165, 1.54) is 0 Å². The first kappa shape index (κ1) is 14.2. The molecule has 0 bridgehead atoms. The van der Waals surface area contributed by atoms with E-state index in [2.05, 4.69) is 15.6 Å². The van der Waals surface area contributed by atoms with Gasteiger partial charge in [0, 0.05) is 17.6 Å². The van der Waals surface area contributed by atoms with E-state index in [1.54, 1.807) is 54.7 Å². The molecule has 0 unspecified atom stereocenters. The molecule has 6 heteroatoms. The van der Waals surface area contributed by atoms with Crippen LogP contribution in [0.1, 0.15) is 16.9 Å². The molecule has 21 heavy (non-hydrogen) atoms. The van der Waals surface area contributed by atoms with Gasteiger partial charge in [0.1, 0.15) is 12.1 Å².